The van der Waals surface area contributed by atoms with Crippen LogP contribution in [0.15, 0.2) is 65.7 Å². The SMILES string of the molecule is CCC1c2cccn2-c2cc(Cl)ccc2N1S(=O)(=O)c1ccc(O)cc1. The van der Waals surface area contributed by atoms with E-state index in [1.54, 1.807) is 18.2 Å². The van der Waals surface area contributed by atoms with Gasteiger partial charge in [-0.25, -0.2) is 8.42 Å². The summed E-state index contributed by atoms with van der Waals surface area (Å²) in [6, 6.07) is 14.3. The average Bonchev–Trinajstić information content (AvgIpc) is 3.10. The fourth-order valence-electron chi connectivity index (χ4n) is 3.45. The van der Waals surface area contributed by atoms with Crippen LogP contribution >= 0.6 is 11.6 Å². The number of fused-ring (bicyclic) bond motifs is 3. The summed E-state index contributed by atoms with van der Waals surface area (Å²) in [6.45, 7) is 1.96. The maximum Gasteiger partial charge on any atom is 0.265 e. The van der Waals surface area contributed by atoms with Crippen molar-refractivity contribution in [2.75, 3.05) is 4.31 Å². The van der Waals surface area contributed by atoms with Crippen molar-refractivity contribution >= 4 is 27.3 Å². The first kappa shape index (κ1) is 17.0. The van der Waals surface area contributed by atoms with Crippen molar-refractivity contribution in [1.29, 1.82) is 0 Å². The Labute approximate surface area is 157 Å². The summed E-state index contributed by atoms with van der Waals surface area (Å²) < 4.78 is 30.3. The first-order chi connectivity index (χ1) is 12.4. The third-order valence-electron chi connectivity index (χ3n) is 4.62. The third-order valence-corrected chi connectivity index (χ3v) is 6.69. The second-order valence-electron chi connectivity index (χ2n) is 6.15. The number of sulfonamides is 1. The molecule has 0 saturated heterocycles. The number of anilines is 1. The molecule has 2 aromatic carbocycles. The van der Waals surface area contributed by atoms with Crippen LogP contribution in [0.4, 0.5) is 5.69 Å². The number of aromatic nitrogens is 1. The highest BCUT2D eigenvalue weighted by Gasteiger charge is 2.38. The van der Waals surface area contributed by atoms with Gasteiger partial charge in [-0.15, -0.1) is 0 Å². The van der Waals surface area contributed by atoms with Gasteiger partial charge in [-0.05, 0) is 61.0 Å². The zero-order valence-electron chi connectivity index (χ0n) is 14.0. The van der Waals surface area contributed by atoms with E-state index in [1.807, 2.05) is 29.8 Å². The van der Waals surface area contributed by atoms with Gasteiger partial charge in [0.15, 0.2) is 0 Å². The molecule has 0 spiro atoms. The molecule has 1 unspecified atom stereocenters. The molecular weight excluding hydrogens is 372 g/mol. The van der Waals surface area contributed by atoms with Crippen LogP contribution in [0.1, 0.15) is 25.1 Å². The Balaban J connectivity index is 1.97. The molecule has 0 saturated carbocycles. The second kappa shape index (κ2) is 6.07. The van der Waals surface area contributed by atoms with Crippen molar-refractivity contribution in [2.24, 2.45) is 0 Å². The Kier molecular flexibility index (Phi) is 3.97. The van der Waals surface area contributed by atoms with Crippen molar-refractivity contribution in [3.63, 3.8) is 0 Å². The number of phenols is 1. The molecule has 3 aromatic rings. The molecule has 0 aliphatic carbocycles. The summed E-state index contributed by atoms with van der Waals surface area (Å²) >= 11 is 6.17. The number of aromatic hydroxyl groups is 1. The van der Waals surface area contributed by atoms with Crippen LogP contribution in [-0.4, -0.2) is 18.1 Å². The smallest absolute Gasteiger partial charge is 0.265 e. The molecule has 2 heterocycles. The molecule has 1 aliphatic rings. The summed E-state index contributed by atoms with van der Waals surface area (Å²) in [5.74, 6) is 0.0238. The van der Waals surface area contributed by atoms with Crippen molar-refractivity contribution in [3.8, 4) is 11.4 Å². The van der Waals surface area contributed by atoms with E-state index in [1.165, 1.54) is 28.6 Å². The van der Waals surface area contributed by atoms with E-state index in [4.69, 9.17) is 11.6 Å². The van der Waals surface area contributed by atoms with Crippen LogP contribution in [0.25, 0.3) is 5.69 Å². The summed E-state index contributed by atoms with van der Waals surface area (Å²) in [5, 5.41) is 10.0. The number of phenolic OH excluding ortho intramolecular Hbond substituents is 1. The normalized spacial score (nSPS) is 16.2. The quantitative estimate of drug-likeness (QED) is 0.718. The van der Waals surface area contributed by atoms with E-state index in [-0.39, 0.29) is 16.7 Å². The predicted octanol–water partition coefficient (Wildman–Crippen LogP) is 4.50. The van der Waals surface area contributed by atoms with Crippen LogP contribution in [0.3, 0.4) is 0 Å². The molecule has 4 rings (SSSR count). The van der Waals surface area contributed by atoms with Crippen molar-refractivity contribution in [3.05, 3.63) is 71.5 Å². The lowest BCUT2D eigenvalue weighted by molar-refractivity contribution is 0.474. The largest absolute Gasteiger partial charge is 0.508 e. The molecule has 134 valence electrons. The van der Waals surface area contributed by atoms with E-state index in [0.29, 0.717) is 17.1 Å². The van der Waals surface area contributed by atoms with E-state index in [2.05, 4.69) is 0 Å². The van der Waals surface area contributed by atoms with Gasteiger partial charge in [0.25, 0.3) is 10.0 Å². The molecule has 1 aromatic heterocycles. The molecule has 5 nitrogen and oxygen atoms in total. The Morgan fingerprint density at radius 2 is 1.81 bits per heavy atom. The van der Waals surface area contributed by atoms with Gasteiger partial charge in [0.2, 0.25) is 0 Å². The standard InChI is InChI=1S/C19H17ClN2O3S/c1-2-16-17-4-3-11-21(17)19-12-13(20)5-10-18(19)22(16)26(24,25)15-8-6-14(23)7-9-15/h3-12,16,23H,2H2,1H3. The van der Waals surface area contributed by atoms with Crippen LogP contribution in [0, 0.1) is 0 Å². The summed E-state index contributed by atoms with van der Waals surface area (Å²) in [5.41, 5.74) is 2.20. The molecule has 7 heteroatoms. The molecule has 0 radical (unpaired) electrons. The maximum absolute atomic E-state index is 13.4. The van der Waals surface area contributed by atoms with Gasteiger partial charge in [-0.3, -0.25) is 4.31 Å². The molecular formula is C19H17ClN2O3S. The number of nitrogens with zero attached hydrogens (tertiary/aromatic N) is 2. The Hall–Kier alpha value is -2.44. The Morgan fingerprint density at radius 3 is 2.50 bits per heavy atom. The van der Waals surface area contributed by atoms with Gasteiger partial charge in [-0.2, -0.15) is 0 Å². The second-order valence-corrected chi connectivity index (χ2v) is 8.41. The van der Waals surface area contributed by atoms with Crippen LogP contribution in [0.2, 0.25) is 5.02 Å². The first-order valence-corrected chi connectivity index (χ1v) is 10.1. The monoisotopic (exact) mass is 388 g/mol. The average molecular weight is 389 g/mol. The van der Waals surface area contributed by atoms with Gasteiger partial charge >= 0.3 is 0 Å². The van der Waals surface area contributed by atoms with Crippen molar-refractivity contribution in [2.45, 2.75) is 24.3 Å². The highest BCUT2D eigenvalue weighted by atomic mass is 35.5. The van der Waals surface area contributed by atoms with Gasteiger partial charge in [0.05, 0.1) is 22.3 Å². The molecule has 1 atom stereocenters. The Bertz CT molecular complexity index is 1070. The van der Waals surface area contributed by atoms with Gasteiger partial charge in [-0.1, -0.05) is 18.5 Å². The maximum atomic E-state index is 13.4. The van der Waals surface area contributed by atoms with Gasteiger partial charge in [0, 0.05) is 16.9 Å². The number of hydrogen-bond donors (Lipinski definition) is 1. The lowest BCUT2D eigenvalue weighted by atomic mass is 10.1. The zero-order valence-corrected chi connectivity index (χ0v) is 15.6. The first-order valence-electron chi connectivity index (χ1n) is 8.24. The van der Waals surface area contributed by atoms with Crippen LogP contribution in [-0.2, 0) is 10.0 Å². The van der Waals surface area contributed by atoms with Crippen LogP contribution in [0.5, 0.6) is 5.75 Å². The lowest BCUT2D eigenvalue weighted by Crippen LogP contribution is -2.39. The fraction of sp³-hybridized carbons (Fsp3) is 0.158. The highest BCUT2D eigenvalue weighted by molar-refractivity contribution is 7.92. The van der Waals surface area contributed by atoms with Crippen molar-refractivity contribution < 1.29 is 13.5 Å². The molecule has 0 amide bonds. The zero-order chi connectivity index (χ0) is 18.5. The lowest BCUT2D eigenvalue weighted by Gasteiger charge is -2.38. The van der Waals surface area contributed by atoms with Crippen molar-refractivity contribution in [1.82, 2.24) is 4.57 Å². The molecule has 0 fully saturated rings. The minimum Gasteiger partial charge on any atom is -0.508 e. The molecule has 1 aliphatic heterocycles. The van der Waals surface area contributed by atoms with E-state index in [9.17, 15) is 13.5 Å². The minimum atomic E-state index is -3.82. The molecule has 26 heavy (non-hydrogen) atoms. The predicted molar refractivity (Wildman–Crippen MR) is 102 cm³/mol. The summed E-state index contributed by atoms with van der Waals surface area (Å²) in [4.78, 5) is 0.134. The van der Waals surface area contributed by atoms with Crippen LogP contribution < -0.4 is 4.31 Å². The summed E-state index contributed by atoms with van der Waals surface area (Å²) in [7, 11) is -3.82. The minimum absolute atomic E-state index is 0.0238. The molecule has 1 N–H and O–H groups in total. The van der Waals surface area contributed by atoms with E-state index >= 15 is 0 Å². The number of hydrogen-bond acceptors (Lipinski definition) is 3. The van der Waals surface area contributed by atoms with E-state index < -0.39 is 10.0 Å². The fourth-order valence-corrected chi connectivity index (χ4v) is 5.33. The number of benzene rings is 2. The number of halogens is 1. The third kappa shape index (κ3) is 2.48. The van der Waals surface area contributed by atoms with Gasteiger partial charge < -0.3 is 9.67 Å². The summed E-state index contributed by atoms with van der Waals surface area (Å²) in [6.07, 6.45) is 2.53. The Morgan fingerprint density at radius 1 is 1.08 bits per heavy atom. The number of rotatable bonds is 3. The molecule has 0 bridgehead atoms. The van der Waals surface area contributed by atoms with E-state index in [0.717, 1.165) is 11.4 Å². The topological polar surface area (TPSA) is 62.5 Å². The highest BCUT2D eigenvalue weighted by Crippen LogP contribution is 2.44. The van der Waals surface area contributed by atoms with Gasteiger partial charge in [0.1, 0.15) is 5.75 Å².